The van der Waals surface area contributed by atoms with Gasteiger partial charge in [0.2, 0.25) is 0 Å². The van der Waals surface area contributed by atoms with Crippen molar-refractivity contribution in [2.24, 2.45) is 0 Å². The van der Waals surface area contributed by atoms with E-state index in [1.807, 2.05) is 37.3 Å². The lowest BCUT2D eigenvalue weighted by Gasteiger charge is -2.32. The van der Waals surface area contributed by atoms with Crippen molar-refractivity contribution in [3.05, 3.63) is 83.9 Å². The monoisotopic (exact) mass is 296 g/mol. The summed E-state index contributed by atoms with van der Waals surface area (Å²) in [6.45, 7) is 5.78. The Bertz CT molecular complexity index is 646. The van der Waals surface area contributed by atoms with Crippen LogP contribution >= 0.6 is 0 Å². The zero-order valence-corrected chi connectivity index (χ0v) is 12.8. The summed E-state index contributed by atoms with van der Waals surface area (Å²) in [5, 5.41) is 11.2. The molecular weight excluding hydrogens is 276 g/mol. The van der Waals surface area contributed by atoms with Crippen LogP contribution in [0.25, 0.3) is 0 Å². The summed E-state index contributed by atoms with van der Waals surface area (Å²) in [5.74, 6) is -1.31. The maximum absolute atomic E-state index is 12.4. The molecule has 3 nitrogen and oxygen atoms in total. The Morgan fingerprint density at radius 3 is 2.27 bits per heavy atom. The fourth-order valence-electron chi connectivity index (χ4n) is 2.59. The number of aliphatic hydroxyl groups is 1. The van der Waals surface area contributed by atoms with Crippen molar-refractivity contribution < 1.29 is 14.6 Å². The highest BCUT2D eigenvalue weighted by Gasteiger charge is 2.46. The molecule has 1 N–H and O–H groups in total. The second kappa shape index (κ2) is 6.58. The molecule has 0 fully saturated rings. The van der Waals surface area contributed by atoms with Crippen LogP contribution in [0.15, 0.2) is 67.3 Å². The maximum Gasteiger partial charge on any atom is 0.343 e. The van der Waals surface area contributed by atoms with Crippen LogP contribution in [0.4, 0.5) is 0 Å². The summed E-state index contributed by atoms with van der Waals surface area (Å²) in [7, 11) is 1.27. The fraction of sp³-hybridized carbons (Fsp3) is 0.211. The lowest BCUT2D eigenvalue weighted by Crippen LogP contribution is -2.42. The fourth-order valence-corrected chi connectivity index (χ4v) is 2.59. The molecule has 0 aliphatic carbocycles. The molecule has 2 atom stereocenters. The molecule has 0 bridgehead atoms. The maximum atomic E-state index is 12.4. The zero-order chi connectivity index (χ0) is 16.2. The Balaban J connectivity index is 2.59. The topological polar surface area (TPSA) is 46.5 Å². The van der Waals surface area contributed by atoms with Crippen LogP contribution in [0.2, 0.25) is 0 Å². The molecule has 0 amide bonds. The third-order valence-corrected chi connectivity index (χ3v) is 3.83. The van der Waals surface area contributed by atoms with Crippen LogP contribution in [0.3, 0.4) is 0 Å². The van der Waals surface area contributed by atoms with Crippen LogP contribution < -0.4 is 0 Å². The van der Waals surface area contributed by atoms with Crippen LogP contribution in [-0.4, -0.2) is 18.2 Å². The molecule has 0 aliphatic rings. The van der Waals surface area contributed by atoms with Crippen molar-refractivity contribution in [3.8, 4) is 0 Å². The molecular formula is C19H20O3. The molecule has 0 saturated heterocycles. The Morgan fingerprint density at radius 1 is 1.18 bits per heavy atom. The van der Waals surface area contributed by atoms with Crippen molar-refractivity contribution >= 4 is 5.97 Å². The first-order valence-corrected chi connectivity index (χ1v) is 7.09. The molecule has 2 rings (SSSR count). The number of carbonyl (C=O) groups excluding carboxylic acids is 1. The van der Waals surface area contributed by atoms with Gasteiger partial charge in [0.25, 0.3) is 0 Å². The molecule has 0 heterocycles. The number of hydrogen-bond donors (Lipinski definition) is 1. The Hall–Kier alpha value is -2.39. The molecule has 114 valence electrons. The van der Waals surface area contributed by atoms with Gasteiger partial charge in [-0.25, -0.2) is 4.79 Å². The second-order valence-corrected chi connectivity index (χ2v) is 5.25. The minimum Gasteiger partial charge on any atom is -0.467 e. The number of hydrogen-bond acceptors (Lipinski definition) is 3. The quantitative estimate of drug-likeness (QED) is 0.680. The van der Waals surface area contributed by atoms with E-state index in [1.165, 1.54) is 7.11 Å². The van der Waals surface area contributed by atoms with Gasteiger partial charge in [0.1, 0.15) is 0 Å². The first-order valence-electron chi connectivity index (χ1n) is 7.09. The summed E-state index contributed by atoms with van der Waals surface area (Å²) in [4.78, 5) is 12.4. The first-order chi connectivity index (χ1) is 10.5. The van der Waals surface area contributed by atoms with E-state index in [-0.39, 0.29) is 0 Å². The highest BCUT2D eigenvalue weighted by molar-refractivity contribution is 5.83. The number of methoxy groups -OCH3 is 1. The van der Waals surface area contributed by atoms with E-state index >= 15 is 0 Å². The molecule has 0 aromatic heterocycles. The van der Waals surface area contributed by atoms with Crippen LogP contribution in [0.1, 0.15) is 22.6 Å². The predicted molar refractivity (Wildman–Crippen MR) is 86.5 cm³/mol. The molecule has 0 radical (unpaired) electrons. The summed E-state index contributed by atoms with van der Waals surface area (Å²) in [5.41, 5.74) is 0.574. The number of rotatable bonds is 5. The predicted octanol–water partition coefficient (Wildman–Crippen LogP) is 3.33. The van der Waals surface area contributed by atoms with E-state index < -0.39 is 17.5 Å². The van der Waals surface area contributed by atoms with Crippen molar-refractivity contribution in [3.63, 3.8) is 0 Å². The summed E-state index contributed by atoms with van der Waals surface area (Å²) >= 11 is 0. The third-order valence-electron chi connectivity index (χ3n) is 3.83. The zero-order valence-electron chi connectivity index (χ0n) is 12.8. The summed E-state index contributed by atoms with van der Waals surface area (Å²) in [6, 6.07) is 16.5. The van der Waals surface area contributed by atoms with Crippen molar-refractivity contribution in [1.29, 1.82) is 0 Å². The molecule has 2 aromatic carbocycles. The minimum atomic E-state index is -1.81. The molecule has 0 saturated carbocycles. The third kappa shape index (κ3) is 2.81. The minimum absolute atomic E-state index is 0.479. The van der Waals surface area contributed by atoms with Crippen molar-refractivity contribution in [1.82, 2.24) is 0 Å². The van der Waals surface area contributed by atoms with Gasteiger partial charge in [-0.3, -0.25) is 0 Å². The van der Waals surface area contributed by atoms with Gasteiger partial charge in [-0.05, 0) is 18.1 Å². The normalized spacial score (nSPS) is 14.7. The molecule has 0 aliphatic heterocycles. The van der Waals surface area contributed by atoms with Gasteiger partial charge in [-0.1, -0.05) is 66.2 Å². The summed E-state index contributed by atoms with van der Waals surface area (Å²) in [6.07, 6.45) is 1.58. The molecule has 0 spiro atoms. The van der Waals surface area contributed by atoms with Gasteiger partial charge in [0.15, 0.2) is 5.60 Å². The molecule has 2 unspecified atom stereocenters. The van der Waals surface area contributed by atoms with Gasteiger partial charge in [0, 0.05) is 5.92 Å². The van der Waals surface area contributed by atoms with E-state index in [1.54, 1.807) is 30.3 Å². The van der Waals surface area contributed by atoms with Gasteiger partial charge < -0.3 is 9.84 Å². The Morgan fingerprint density at radius 2 is 1.77 bits per heavy atom. The second-order valence-electron chi connectivity index (χ2n) is 5.25. The Kier molecular flexibility index (Phi) is 4.78. The lowest BCUT2D eigenvalue weighted by atomic mass is 9.77. The Labute approximate surface area is 130 Å². The number of ether oxygens (including phenoxy) is 1. The van der Waals surface area contributed by atoms with E-state index in [2.05, 4.69) is 6.58 Å². The number of aryl methyl sites for hydroxylation is 1. The van der Waals surface area contributed by atoms with E-state index in [0.717, 1.165) is 11.1 Å². The van der Waals surface area contributed by atoms with Gasteiger partial charge in [-0.15, -0.1) is 6.58 Å². The molecule has 3 heteroatoms. The number of carbonyl (C=O) groups is 1. The van der Waals surface area contributed by atoms with Crippen LogP contribution in [-0.2, 0) is 15.1 Å². The van der Waals surface area contributed by atoms with E-state index in [0.29, 0.717) is 5.56 Å². The largest absolute Gasteiger partial charge is 0.467 e. The van der Waals surface area contributed by atoms with Crippen LogP contribution in [0.5, 0.6) is 0 Å². The SMILES string of the molecule is C=CC(c1ccc(C)cc1)C(O)(C(=O)OC)c1ccccc1. The highest BCUT2D eigenvalue weighted by Crippen LogP contribution is 2.39. The van der Waals surface area contributed by atoms with Gasteiger partial charge in [-0.2, -0.15) is 0 Å². The average Bonchev–Trinajstić information content (AvgIpc) is 2.57. The number of esters is 1. The molecule has 2 aromatic rings. The summed E-state index contributed by atoms with van der Waals surface area (Å²) < 4.78 is 4.86. The lowest BCUT2D eigenvalue weighted by molar-refractivity contribution is -0.165. The molecule has 22 heavy (non-hydrogen) atoms. The van der Waals surface area contributed by atoms with E-state index in [4.69, 9.17) is 4.74 Å². The standard InChI is InChI=1S/C19H20O3/c1-4-17(15-12-10-14(2)11-13-15)19(21,18(20)22-3)16-8-6-5-7-9-16/h4-13,17,21H,1H2,2-3H3. The highest BCUT2D eigenvalue weighted by atomic mass is 16.5. The van der Waals surface area contributed by atoms with Crippen molar-refractivity contribution in [2.45, 2.75) is 18.4 Å². The van der Waals surface area contributed by atoms with Gasteiger partial charge in [0.05, 0.1) is 7.11 Å². The first kappa shape index (κ1) is 16.0. The van der Waals surface area contributed by atoms with Crippen LogP contribution in [0, 0.1) is 6.92 Å². The van der Waals surface area contributed by atoms with Gasteiger partial charge >= 0.3 is 5.97 Å². The average molecular weight is 296 g/mol. The van der Waals surface area contributed by atoms with Crippen molar-refractivity contribution in [2.75, 3.05) is 7.11 Å². The van der Waals surface area contributed by atoms with E-state index in [9.17, 15) is 9.90 Å². The smallest absolute Gasteiger partial charge is 0.343 e. The number of benzene rings is 2.